The monoisotopic (exact) mass is 265 g/mol. The van der Waals surface area contributed by atoms with Gasteiger partial charge >= 0.3 is 0 Å². The van der Waals surface area contributed by atoms with Crippen molar-refractivity contribution >= 4 is 17.3 Å². The van der Waals surface area contributed by atoms with Gasteiger partial charge in [0.2, 0.25) is 0 Å². The molecule has 1 N–H and O–H groups in total. The topological polar surface area (TPSA) is 12.0 Å². The predicted molar refractivity (Wildman–Crippen MR) is 73.3 cm³/mol. The fourth-order valence-corrected chi connectivity index (χ4v) is 3.54. The van der Waals surface area contributed by atoms with Gasteiger partial charge in [0, 0.05) is 6.04 Å². The van der Waals surface area contributed by atoms with E-state index in [9.17, 15) is 4.39 Å². The van der Waals surface area contributed by atoms with Gasteiger partial charge in [-0.1, -0.05) is 29.8 Å². The fourth-order valence-electron chi connectivity index (χ4n) is 3.37. The van der Waals surface area contributed by atoms with Crippen molar-refractivity contribution < 1.29 is 4.39 Å². The first-order valence-corrected chi connectivity index (χ1v) is 6.92. The van der Waals surface area contributed by atoms with Gasteiger partial charge in [-0.2, -0.15) is 0 Å². The van der Waals surface area contributed by atoms with E-state index < -0.39 is 0 Å². The lowest BCUT2D eigenvalue weighted by molar-refractivity contribution is 0.398. The molecule has 4 atom stereocenters. The zero-order chi connectivity index (χ0) is 12.7. The third-order valence-corrected chi connectivity index (χ3v) is 4.60. The van der Waals surface area contributed by atoms with Gasteiger partial charge in [-0.3, -0.25) is 0 Å². The van der Waals surface area contributed by atoms with Crippen LogP contribution >= 0.6 is 11.6 Å². The summed E-state index contributed by atoms with van der Waals surface area (Å²) in [7, 11) is 0. The molecule has 18 heavy (non-hydrogen) atoms. The number of fused-ring (bicyclic) bond motifs is 2. The third-order valence-electron chi connectivity index (χ3n) is 4.31. The van der Waals surface area contributed by atoms with Gasteiger partial charge in [0.25, 0.3) is 0 Å². The van der Waals surface area contributed by atoms with E-state index in [2.05, 4.69) is 24.4 Å². The molecule has 2 bridgehead atoms. The Morgan fingerprint density at radius 2 is 2.17 bits per heavy atom. The maximum atomic E-state index is 13.8. The van der Waals surface area contributed by atoms with Crippen molar-refractivity contribution in [2.75, 3.05) is 5.32 Å². The van der Waals surface area contributed by atoms with E-state index >= 15 is 0 Å². The highest BCUT2D eigenvalue weighted by molar-refractivity contribution is 6.31. The lowest BCUT2D eigenvalue weighted by Crippen LogP contribution is -2.29. The number of hydrogen-bond donors (Lipinski definition) is 1. The Morgan fingerprint density at radius 3 is 2.83 bits per heavy atom. The van der Waals surface area contributed by atoms with Crippen LogP contribution in [-0.4, -0.2) is 6.04 Å². The van der Waals surface area contributed by atoms with Crippen LogP contribution in [0.15, 0.2) is 30.4 Å². The van der Waals surface area contributed by atoms with Crippen molar-refractivity contribution in [3.8, 4) is 0 Å². The van der Waals surface area contributed by atoms with Crippen LogP contribution in [0.1, 0.15) is 19.8 Å². The lowest BCUT2D eigenvalue weighted by Gasteiger charge is -2.27. The van der Waals surface area contributed by atoms with Crippen molar-refractivity contribution in [1.82, 2.24) is 0 Å². The van der Waals surface area contributed by atoms with E-state index in [1.165, 1.54) is 12.8 Å². The number of rotatable bonds is 3. The molecule has 1 nitrogen and oxygen atoms in total. The van der Waals surface area contributed by atoms with Crippen LogP contribution in [-0.2, 0) is 0 Å². The summed E-state index contributed by atoms with van der Waals surface area (Å²) in [4.78, 5) is 0. The average Bonchev–Trinajstić information content (AvgIpc) is 2.97. The molecule has 1 saturated carbocycles. The largest absolute Gasteiger partial charge is 0.380 e. The first-order valence-electron chi connectivity index (χ1n) is 6.54. The zero-order valence-electron chi connectivity index (χ0n) is 10.4. The lowest BCUT2D eigenvalue weighted by atomic mass is 9.87. The van der Waals surface area contributed by atoms with Crippen molar-refractivity contribution in [1.29, 1.82) is 0 Å². The number of allylic oxidation sites excluding steroid dienone is 2. The first-order chi connectivity index (χ1) is 8.65. The molecule has 2 aliphatic carbocycles. The molecule has 1 aromatic rings. The summed E-state index contributed by atoms with van der Waals surface area (Å²) in [5, 5.41) is 3.47. The second-order valence-electron chi connectivity index (χ2n) is 5.48. The van der Waals surface area contributed by atoms with E-state index in [4.69, 9.17) is 11.6 Å². The molecule has 1 fully saturated rings. The van der Waals surface area contributed by atoms with Crippen LogP contribution in [0.3, 0.4) is 0 Å². The molecule has 1 aromatic carbocycles. The minimum absolute atomic E-state index is 0.181. The van der Waals surface area contributed by atoms with Crippen LogP contribution in [0.4, 0.5) is 10.1 Å². The summed E-state index contributed by atoms with van der Waals surface area (Å²) < 4.78 is 13.8. The molecule has 0 amide bonds. The van der Waals surface area contributed by atoms with Crippen molar-refractivity contribution in [3.05, 3.63) is 41.2 Å². The van der Waals surface area contributed by atoms with E-state index in [-0.39, 0.29) is 16.9 Å². The quantitative estimate of drug-likeness (QED) is 0.794. The number of nitrogens with one attached hydrogen (secondary N) is 1. The molecule has 0 aliphatic heterocycles. The Bertz CT molecular complexity index is 485. The second-order valence-corrected chi connectivity index (χ2v) is 5.89. The summed E-state index contributed by atoms with van der Waals surface area (Å²) in [6.07, 6.45) is 7.14. The molecule has 0 saturated heterocycles. The third kappa shape index (κ3) is 2.03. The maximum absolute atomic E-state index is 13.8. The van der Waals surface area contributed by atoms with Crippen molar-refractivity contribution in [2.24, 2.45) is 17.8 Å². The van der Waals surface area contributed by atoms with Crippen LogP contribution in [0.2, 0.25) is 5.02 Å². The SMILES string of the molecule is CC(Nc1cccc(Cl)c1F)C1CC2C=CC1C2. The van der Waals surface area contributed by atoms with E-state index in [1.807, 2.05) is 0 Å². The zero-order valence-corrected chi connectivity index (χ0v) is 11.1. The van der Waals surface area contributed by atoms with Gasteiger partial charge in [0.05, 0.1) is 10.7 Å². The van der Waals surface area contributed by atoms with Gasteiger partial charge in [-0.15, -0.1) is 0 Å². The molecular weight excluding hydrogens is 249 g/mol. The molecule has 0 heterocycles. The van der Waals surface area contributed by atoms with E-state index in [1.54, 1.807) is 18.2 Å². The minimum atomic E-state index is -0.343. The molecule has 2 aliphatic rings. The smallest absolute Gasteiger partial charge is 0.164 e. The van der Waals surface area contributed by atoms with E-state index in [0.717, 1.165) is 5.92 Å². The van der Waals surface area contributed by atoms with Crippen molar-refractivity contribution in [2.45, 2.75) is 25.8 Å². The standard InChI is InChI=1S/C15H17ClFN/c1-9(12-8-10-5-6-11(12)7-10)18-14-4-2-3-13(16)15(14)17/h2-6,9-12,18H,7-8H2,1H3. The Kier molecular flexibility index (Phi) is 3.06. The molecule has 3 heteroatoms. The molecular formula is C15H17ClFN. The van der Waals surface area contributed by atoms with Crippen LogP contribution in [0.25, 0.3) is 0 Å². The molecule has 0 aromatic heterocycles. The first kappa shape index (κ1) is 12.0. The highest BCUT2D eigenvalue weighted by Crippen LogP contribution is 2.45. The minimum Gasteiger partial charge on any atom is -0.380 e. The molecule has 0 radical (unpaired) electrons. The average molecular weight is 266 g/mol. The van der Waals surface area contributed by atoms with Gasteiger partial charge < -0.3 is 5.32 Å². The van der Waals surface area contributed by atoms with Gasteiger partial charge in [-0.05, 0) is 49.7 Å². The van der Waals surface area contributed by atoms with Crippen LogP contribution in [0, 0.1) is 23.6 Å². The van der Waals surface area contributed by atoms with E-state index in [0.29, 0.717) is 17.5 Å². The number of halogens is 2. The summed E-state index contributed by atoms with van der Waals surface area (Å²) in [5.74, 6) is 1.68. The van der Waals surface area contributed by atoms with Gasteiger partial charge in [-0.25, -0.2) is 4.39 Å². The number of hydrogen-bond acceptors (Lipinski definition) is 1. The van der Waals surface area contributed by atoms with Gasteiger partial charge in [0.15, 0.2) is 5.82 Å². The maximum Gasteiger partial charge on any atom is 0.164 e. The summed E-state index contributed by atoms with van der Waals surface area (Å²) >= 11 is 5.79. The Hall–Kier alpha value is -1.02. The summed E-state index contributed by atoms with van der Waals surface area (Å²) in [6, 6.07) is 5.38. The highest BCUT2D eigenvalue weighted by atomic mass is 35.5. The fraction of sp³-hybridized carbons (Fsp3) is 0.467. The molecule has 3 rings (SSSR count). The summed E-state index contributed by atoms with van der Waals surface area (Å²) in [6.45, 7) is 2.14. The Morgan fingerprint density at radius 1 is 1.33 bits per heavy atom. The normalized spacial score (nSPS) is 30.7. The summed E-state index contributed by atoms with van der Waals surface area (Å²) in [5.41, 5.74) is 0.516. The Balaban J connectivity index is 1.73. The van der Waals surface area contributed by atoms with Gasteiger partial charge in [0.1, 0.15) is 0 Å². The number of benzene rings is 1. The highest BCUT2D eigenvalue weighted by Gasteiger charge is 2.38. The molecule has 96 valence electrons. The number of anilines is 1. The second kappa shape index (κ2) is 4.58. The van der Waals surface area contributed by atoms with Crippen molar-refractivity contribution in [3.63, 3.8) is 0 Å². The van der Waals surface area contributed by atoms with Crippen LogP contribution < -0.4 is 5.32 Å². The molecule has 4 unspecified atom stereocenters. The van der Waals surface area contributed by atoms with Crippen LogP contribution in [0.5, 0.6) is 0 Å². The Labute approximate surface area is 112 Å². The predicted octanol–water partition coefficient (Wildman–Crippen LogP) is 4.49. The molecule has 0 spiro atoms.